The fraction of sp³-hybridized carbons (Fsp3) is 1.00. The molecule has 0 N–H and O–H groups in total. The van der Waals surface area contributed by atoms with Gasteiger partial charge in [-0.1, -0.05) is 46.0 Å². The Bertz CT molecular complexity index is 35.8. The molecule has 0 unspecified atom stereocenters. The molecule has 3 nitrogen and oxygen atoms in total. The molecule has 0 heterocycles. The van der Waals surface area contributed by atoms with Crippen molar-refractivity contribution in [2.45, 2.75) is 46.0 Å². The number of hydrogen-bond acceptors (Lipinski definition) is 0. The first-order chi connectivity index (χ1) is 3.41. The molecule has 0 rings (SSSR count). The molecule has 0 aromatic heterocycles. The Labute approximate surface area is 97.1 Å². The molecular formula is C7H16Al2O3. The molecule has 0 fully saturated rings. The van der Waals surface area contributed by atoms with Gasteiger partial charge in [0.1, 0.15) is 0 Å². The summed E-state index contributed by atoms with van der Waals surface area (Å²) >= 11 is 0. The van der Waals surface area contributed by atoms with Crippen LogP contribution >= 0.6 is 0 Å². The van der Waals surface area contributed by atoms with Crippen molar-refractivity contribution in [1.82, 2.24) is 0 Å². The molecule has 0 aromatic carbocycles. The van der Waals surface area contributed by atoms with Gasteiger partial charge in [0, 0.05) is 0 Å². The number of unbranched alkanes of at least 4 members (excludes halogenated alkanes) is 4. The van der Waals surface area contributed by atoms with Crippen molar-refractivity contribution in [3.8, 4) is 0 Å². The van der Waals surface area contributed by atoms with E-state index in [0.29, 0.717) is 0 Å². The zero-order valence-electron chi connectivity index (χ0n) is 7.91. The Balaban J connectivity index is -0.0000000180. The summed E-state index contributed by atoms with van der Waals surface area (Å²) in [7, 11) is 0. The van der Waals surface area contributed by atoms with Gasteiger partial charge in [-0.2, -0.15) is 0 Å². The molecule has 0 saturated heterocycles. The third-order valence-electron chi connectivity index (χ3n) is 1.21. The first-order valence-corrected chi connectivity index (χ1v) is 3.41. The van der Waals surface area contributed by atoms with E-state index in [1.807, 2.05) is 0 Å². The van der Waals surface area contributed by atoms with Crippen molar-refractivity contribution in [3.63, 3.8) is 0 Å². The molecular weight excluding hydrogens is 186 g/mol. The van der Waals surface area contributed by atoms with Gasteiger partial charge >= 0.3 is 34.7 Å². The van der Waals surface area contributed by atoms with E-state index in [4.69, 9.17) is 0 Å². The molecule has 0 bridgehead atoms. The molecule has 0 saturated carbocycles. The number of hydrogen-bond donors (Lipinski definition) is 0. The maximum absolute atomic E-state index is 2.25. The van der Waals surface area contributed by atoms with Crippen LogP contribution in [0.3, 0.4) is 0 Å². The minimum absolute atomic E-state index is 0. The predicted molar refractivity (Wildman–Crippen MR) is 48.0 cm³/mol. The SMILES string of the molecule is CCCCCCC.[Al+3].[Al+3].[O-2].[O-2].[O-2]. The summed E-state index contributed by atoms with van der Waals surface area (Å²) in [4.78, 5) is 0. The first-order valence-electron chi connectivity index (χ1n) is 3.41. The van der Waals surface area contributed by atoms with Crippen molar-refractivity contribution in [1.29, 1.82) is 0 Å². The maximum atomic E-state index is 2.25. The van der Waals surface area contributed by atoms with Crippen molar-refractivity contribution in [2.75, 3.05) is 0 Å². The van der Waals surface area contributed by atoms with Crippen LogP contribution in [-0.2, 0) is 16.4 Å². The summed E-state index contributed by atoms with van der Waals surface area (Å²) in [5.74, 6) is 0. The Morgan fingerprint density at radius 3 is 1.00 bits per heavy atom. The third-order valence-corrected chi connectivity index (χ3v) is 1.21. The summed E-state index contributed by atoms with van der Waals surface area (Å²) in [6.07, 6.45) is 7.01. The van der Waals surface area contributed by atoms with Crippen LogP contribution in [0.2, 0.25) is 0 Å². The van der Waals surface area contributed by atoms with Crippen LogP contribution in [0.25, 0.3) is 0 Å². The van der Waals surface area contributed by atoms with Gasteiger partial charge in [0.05, 0.1) is 0 Å². The largest absolute Gasteiger partial charge is 3.00 e. The molecule has 5 heteroatoms. The summed E-state index contributed by atoms with van der Waals surface area (Å²) in [6, 6.07) is 0. The normalized spacial score (nSPS) is 5.50. The average Bonchev–Trinajstić information content (AvgIpc) is 1.69. The monoisotopic (exact) mass is 202 g/mol. The van der Waals surface area contributed by atoms with E-state index < -0.39 is 0 Å². The second-order valence-corrected chi connectivity index (χ2v) is 2.06. The fourth-order valence-corrected chi connectivity index (χ4v) is 0.677. The molecule has 0 aliphatic rings. The van der Waals surface area contributed by atoms with Crippen molar-refractivity contribution < 1.29 is 16.4 Å². The van der Waals surface area contributed by atoms with Gasteiger partial charge in [-0.3, -0.25) is 0 Å². The fourth-order valence-electron chi connectivity index (χ4n) is 0.677. The molecule has 0 aliphatic carbocycles. The molecule has 0 amide bonds. The Morgan fingerprint density at radius 2 is 0.833 bits per heavy atom. The second-order valence-electron chi connectivity index (χ2n) is 2.06. The Kier molecular flexibility index (Phi) is 129. The quantitative estimate of drug-likeness (QED) is 0.492. The zero-order chi connectivity index (χ0) is 5.54. The van der Waals surface area contributed by atoms with Crippen LogP contribution in [0.15, 0.2) is 0 Å². The minimum atomic E-state index is 0. The van der Waals surface area contributed by atoms with E-state index in [1.165, 1.54) is 32.1 Å². The van der Waals surface area contributed by atoms with E-state index in [1.54, 1.807) is 0 Å². The average molecular weight is 202 g/mol. The van der Waals surface area contributed by atoms with Crippen molar-refractivity contribution >= 4 is 34.7 Å². The van der Waals surface area contributed by atoms with Gasteiger partial charge in [-0.25, -0.2) is 0 Å². The van der Waals surface area contributed by atoms with Crippen LogP contribution in [0, 0.1) is 0 Å². The van der Waals surface area contributed by atoms with Gasteiger partial charge in [0.25, 0.3) is 0 Å². The van der Waals surface area contributed by atoms with E-state index in [2.05, 4.69) is 13.8 Å². The standard InChI is InChI=1S/C7H16.2Al.3O/c1-3-5-7-6-4-2;;;;;/h3-7H2,1-2H3;;;;;/q;2*+3;3*-2. The summed E-state index contributed by atoms with van der Waals surface area (Å²) < 4.78 is 0. The maximum Gasteiger partial charge on any atom is 3.00 e. The van der Waals surface area contributed by atoms with Gasteiger partial charge in [0.15, 0.2) is 0 Å². The Morgan fingerprint density at radius 1 is 0.583 bits per heavy atom. The van der Waals surface area contributed by atoms with Gasteiger partial charge in [-0.15, -0.1) is 0 Å². The van der Waals surface area contributed by atoms with Gasteiger partial charge in [-0.05, 0) is 0 Å². The topological polar surface area (TPSA) is 85.5 Å². The van der Waals surface area contributed by atoms with Crippen LogP contribution in [0.1, 0.15) is 46.0 Å². The smallest absolute Gasteiger partial charge is 2.00 e. The van der Waals surface area contributed by atoms with Crippen LogP contribution in [-0.4, -0.2) is 34.7 Å². The molecule has 12 heavy (non-hydrogen) atoms. The number of rotatable bonds is 4. The van der Waals surface area contributed by atoms with Crippen LogP contribution in [0.5, 0.6) is 0 Å². The minimum Gasteiger partial charge on any atom is -2.00 e. The molecule has 68 valence electrons. The van der Waals surface area contributed by atoms with E-state index >= 15 is 0 Å². The molecule has 0 aromatic rings. The van der Waals surface area contributed by atoms with Crippen molar-refractivity contribution in [3.05, 3.63) is 0 Å². The molecule has 0 radical (unpaired) electrons. The van der Waals surface area contributed by atoms with Crippen LogP contribution in [0.4, 0.5) is 0 Å². The van der Waals surface area contributed by atoms with E-state index in [-0.39, 0.29) is 51.2 Å². The first kappa shape index (κ1) is 38.3. The summed E-state index contributed by atoms with van der Waals surface area (Å²) in [5.41, 5.74) is 0. The van der Waals surface area contributed by atoms with Crippen molar-refractivity contribution in [2.24, 2.45) is 0 Å². The summed E-state index contributed by atoms with van der Waals surface area (Å²) in [6.45, 7) is 4.49. The van der Waals surface area contributed by atoms with Gasteiger partial charge < -0.3 is 16.4 Å². The van der Waals surface area contributed by atoms with E-state index in [0.717, 1.165) is 0 Å². The molecule has 0 spiro atoms. The van der Waals surface area contributed by atoms with Crippen LogP contribution < -0.4 is 0 Å². The second kappa shape index (κ2) is 40.5. The molecule has 0 aliphatic heterocycles. The summed E-state index contributed by atoms with van der Waals surface area (Å²) in [5, 5.41) is 0. The predicted octanol–water partition coefficient (Wildman–Crippen LogP) is 1.86. The zero-order valence-corrected chi connectivity index (χ0v) is 10.2. The van der Waals surface area contributed by atoms with E-state index in [9.17, 15) is 0 Å². The van der Waals surface area contributed by atoms with Gasteiger partial charge in [0.2, 0.25) is 0 Å². The Hall–Kier alpha value is 0.945. The molecule has 0 atom stereocenters. The third kappa shape index (κ3) is 44.3.